The molecule has 3 N–H and O–H groups in total. The Hall–Kier alpha value is -2.25. The van der Waals surface area contributed by atoms with E-state index in [2.05, 4.69) is 16.0 Å². The van der Waals surface area contributed by atoms with Gasteiger partial charge in [0.25, 0.3) is 0 Å². The number of para-hydroxylation sites is 1. The first-order valence-electron chi connectivity index (χ1n) is 8.61. The van der Waals surface area contributed by atoms with Gasteiger partial charge in [0.1, 0.15) is 0 Å². The van der Waals surface area contributed by atoms with Gasteiger partial charge in [-0.1, -0.05) is 47.5 Å². The molecule has 0 heterocycles. The van der Waals surface area contributed by atoms with Gasteiger partial charge in [0, 0.05) is 16.3 Å². The van der Waals surface area contributed by atoms with Crippen LogP contribution in [0, 0.1) is 0 Å². The molecule has 1 amide bonds. The molecule has 0 aliphatic heterocycles. The first-order valence-corrected chi connectivity index (χ1v) is 10.8. The summed E-state index contributed by atoms with van der Waals surface area (Å²) in [6.45, 7) is 0. The lowest BCUT2D eigenvalue weighted by Crippen LogP contribution is -2.18. The number of benzene rings is 3. The first-order chi connectivity index (χ1) is 14.0. The lowest BCUT2D eigenvalue weighted by Gasteiger charge is -2.11. The smallest absolute Gasteiger partial charge is 0.234 e. The van der Waals surface area contributed by atoms with Gasteiger partial charge in [-0.15, -0.1) is 11.8 Å². The lowest BCUT2D eigenvalue weighted by molar-refractivity contribution is -0.113. The number of hydrogen-bond acceptors (Lipinski definition) is 3. The fourth-order valence-corrected chi connectivity index (χ4v) is 3.67. The van der Waals surface area contributed by atoms with Crippen LogP contribution in [0.5, 0.6) is 0 Å². The van der Waals surface area contributed by atoms with Crippen LogP contribution >= 0.6 is 47.2 Å². The standard InChI is InChI=1S/C21H17Cl2N3OS2/c22-17-7-4-8-18(20(17)23)26-19(27)13-29-16-11-9-15(10-12-16)25-21(28)24-14-5-2-1-3-6-14/h1-12H,13H2,(H,26,27)(H2,24,25,28). The third-order valence-electron chi connectivity index (χ3n) is 3.74. The van der Waals surface area contributed by atoms with E-state index < -0.39 is 0 Å². The number of anilines is 3. The van der Waals surface area contributed by atoms with E-state index in [1.54, 1.807) is 18.2 Å². The lowest BCUT2D eigenvalue weighted by atomic mass is 10.3. The Morgan fingerprint density at radius 1 is 0.828 bits per heavy atom. The second kappa shape index (κ2) is 10.5. The zero-order valence-electron chi connectivity index (χ0n) is 15.1. The molecule has 3 rings (SSSR count). The highest BCUT2D eigenvalue weighted by Crippen LogP contribution is 2.30. The molecule has 3 aromatic carbocycles. The number of carbonyl (C=O) groups is 1. The molecule has 0 spiro atoms. The molecule has 0 fully saturated rings. The minimum atomic E-state index is -0.158. The molecule has 0 aliphatic carbocycles. The maximum absolute atomic E-state index is 12.2. The topological polar surface area (TPSA) is 53.2 Å². The van der Waals surface area contributed by atoms with Crippen molar-refractivity contribution in [2.24, 2.45) is 0 Å². The third kappa shape index (κ3) is 6.65. The number of nitrogens with one attached hydrogen (secondary N) is 3. The Balaban J connectivity index is 1.48. The van der Waals surface area contributed by atoms with Crippen LogP contribution in [0.2, 0.25) is 10.0 Å². The fraction of sp³-hybridized carbons (Fsp3) is 0.0476. The highest BCUT2D eigenvalue weighted by atomic mass is 35.5. The fourth-order valence-electron chi connectivity index (χ4n) is 2.38. The Kier molecular flexibility index (Phi) is 7.77. The predicted molar refractivity (Wildman–Crippen MR) is 129 cm³/mol. The molecule has 0 bridgehead atoms. The van der Waals surface area contributed by atoms with Crippen molar-refractivity contribution in [2.75, 3.05) is 21.7 Å². The minimum Gasteiger partial charge on any atom is -0.332 e. The van der Waals surface area contributed by atoms with E-state index >= 15 is 0 Å². The summed E-state index contributed by atoms with van der Waals surface area (Å²) in [6.07, 6.45) is 0. The Labute approximate surface area is 189 Å². The molecule has 8 heteroatoms. The second-order valence-electron chi connectivity index (χ2n) is 5.91. The summed E-state index contributed by atoms with van der Waals surface area (Å²) in [5.41, 5.74) is 2.28. The van der Waals surface area contributed by atoms with Gasteiger partial charge in [0.15, 0.2) is 5.11 Å². The average molecular weight is 462 g/mol. The maximum atomic E-state index is 12.2. The van der Waals surface area contributed by atoms with Crippen LogP contribution in [-0.4, -0.2) is 16.8 Å². The van der Waals surface area contributed by atoms with Crippen LogP contribution in [0.1, 0.15) is 0 Å². The van der Waals surface area contributed by atoms with Crippen LogP contribution < -0.4 is 16.0 Å². The molecule has 29 heavy (non-hydrogen) atoms. The van der Waals surface area contributed by atoms with Gasteiger partial charge in [-0.25, -0.2) is 0 Å². The van der Waals surface area contributed by atoms with Crippen LogP contribution in [0.4, 0.5) is 17.1 Å². The van der Waals surface area contributed by atoms with Gasteiger partial charge < -0.3 is 16.0 Å². The summed E-state index contributed by atoms with van der Waals surface area (Å²) in [7, 11) is 0. The number of hydrogen-bond donors (Lipinski definition) is 3. The van der Waals surface area contributed by atoms with Gasteiger partial charge in [-0.3, -0.25) is 4.79 Å². The number of thiocarbonyl (C=S) groups is 1. The molecular formula is C21H17Cl2N3OS2. The van der Waals surface area contributed by atoms with Crippen molar-refractivity contribution >= 4 is 75.3 Å². The molecule has 0 atom stereocenters. The SMILES string of the molecule is O=C(CSc1ccc(NC(=S)Nc2ccccc2)cc1)Nc1cccc(Cl)c1Cl. The number of halogens is 2. The van der Waals surface area contributed by atoms with Gasteiger partial charge in [-0.2, -0.15) is 0 Å². The number of amides is 1. The number of thioether (sulfide) groups is 1. The molecule has 0 aromatic heterocycles. The Morgan fingerprint density at radius 3 is 2.17 bits per heavy atom. The summed E-state index contributed by atoms with van der Waals surface area (Å²) in [5.74, 6) is 0.0958. The quantitative estimate of drug-likeness (QED) is 0.287. The van der Waals surface area contributed by atoms with Crippen molar-refractivity contribution in [3.63, 3.8) is 0 Å². The van der Waals surface area contributed by atoms with Crippen LogP contribution in [0.3, 0.4) is 0 Å². The van der Waals surface area contributed by atoms with Crippen LogP contribution in [-0.2, 0) is 4.79 Å². The van der Waals surface area contributed by atoms with E-state index in [0.717, 1.165) is 16.3 Å². The van der Waals surface area contributed by atoms with Gasteiger partial charge in [0.2, 0.25) is 5.91 Å². The van der Waals surface area contributed by atoms with Crippen molar-refractivity contribution in [3.05, 3.63) is 82.8 Å². The molecule has 0 radical (unpaired) electrons. The van der Waals surface area contributed by atoms with Crippen molar-refractivity contribution in [1.29, 1.82) is 0 Å². The Morgan fingerprint density at radius 2 is 1.48 bits per heavy atom. The van der Waals surface area contributed by atoms with E-state index in [-0.39, 0.29) is 11.7 Å². The van der Waals surface area contributed by atoms with E-state index in [0.29, 0.717) is 20.8 Å². The Bertz CT molecular complexity index is 999. The molecule has 148 valence electrons. The highest BCUT2D eigenvalue weighted by Gasteiger charge is 2.09. The van der Waals surface area contributed by atoms with Crippen molar-refractivity contribution in [3.8, 4) is 0 Å². The van der Waals surface area contributed by atoms with Gasteiger partial charge >= 0.3 is 0 Å². The molecular weight excluding hydrogens is 445 g/mol. The summed E-state index contributed by atoms with van der Waals surface area (Å²) in [4.78, 5) is 13.1. The molecule has 0 saturated carbocycles. The molecule has 3 aromatic rings. The summed E-state index contributed by atoms with van der Waals surface area (Å²) < 4.78 is 0. The predicted octanol–water partition coefficient (Wildman–Crippen LogP) is 6.53. The molecule has 0 saturated heterocycles. The highest BCUT2D eigenvalue weighted by molar-refractivity contribution is 8.00. The molecule has 0 unspecified atom stereocenters. The van der Waals surface area contributed by atoms with E-state index in [1.165, 1.54) is 11.8 Å². The molecule has 4 nitrogen and oxygen atoms in total. The van der Waals surface area contributed by atoms with E-state index in [9.17, 15) is 4.79 Å². The zero-order chi connectivity index (χ0) is 20.6. The maximum Gasteiger partial charge on any atom is 0.234 e. The molecule has 0 aliphatic rings. The summed E-state index contributed by atoms with van der Waals surface area (Å²) in [6, 6.07) is 22.5. The number of carbonyl (C=O) groups excluding carboxylic acids is 1. The van der Waals surface area contributed by atoms with E-state index in [1.807, 2.05) is 54.6 Å². The van der Waals surface area contributed by atoms with Crippen LogP contribution in [0.25, 0.3) is 0 Å². The minimum absolute atomic E-state index is 0.158. The van der Waals surface area contributed by atoms with E-state index in [4.69, 9.17) is 35.4 Å². The third-order valence-corrected chi connectivity index (χ3v) is 5.77. The first kappa shape index (κ1) is 21.5. The van der Waals surface area contributed by atoms with Crippen molar-refractivity contribution in [1.82, 2.24) is 0 Å². The van der Waals surface area contributed by atoms with Gasteiger partial charge in [-0.05, 0) is 60.7 Å². The summed E-state index contributed by atoms with van der Waals surface area (Å²) >= 11 is 18.8. The normalized spacial score (nSPS) is 10.3. The second-order valence-corrected chi connectivity index (χ2v) is 8.15. The largest absolute Gasteiger partial charge is 0.332 e. The van der Waals surface area contributed by atoms with Crippen molar-refractivity contribution < 1.29 is 4.79 Å². The zero-order valence-corrected chi connectivity index (χ0v) is 18.3. The van der Waals surface area contributed by atoms with Crippen LogP contribution in [0.15, 0.2) is 77.7 Å². The average Bonchev–Trinajstić information content (AvgIpc) is 2.71. The van der Waals surface area contributed by atoms with Crippen molar-refractivity contribution in [2.45, 2.75) is 4.90 Å². The summed E-state index contributed by atoms with van der Waals surface area (Å²) in [5, 5.41) is 10.3. The number of rotatable bonds is 6. The monoisotopic (exact) mass is 461 g/mol. The van der Waals surface area contributed by atoms with Gasteiger partial charge in [0.05, 0.1) is 21.5 Å².